The van der Waals surface area contributed by atoms with Gasteiger partial charge in [-0.15, -0.1) is 0 Å². The predicted octanol–water partition coefficient (Wildman–Crippen LogP) is 4.86. The Balaban J connectivity index is 1.58. The lowest BCUT2D eigenvalue weighted by Gasteiger charge is -2.14. The van der Waals surface area contributed by atoms with Gasteiger partial charge in [0.05, 0.1) is 0 Å². The van der Waals surface area contributed by atoms with Crippen molar-refractivity contribution in [3.8, 4) is 0 Å². The zero-order chi connectivity index (χ0) is 14.7. The Morgan fingerprint density at radius 3 is 2.57 bits per heavy atom. The first-order valence-electron chi connectivity index (χ1n) is 8.44. The number of hydrogen-bond acceptors (Lipinski definition) is 1. The smallest absolute Gasteiger partial charge is 0.00682 e. The van der Waals surface area contributed by atoms with Crippen LogP contribution >= 0.6 is 0 Å². The van der Waals surface area contributed by atoms with Crippen LogP contribution in [-0.4, -0.2) is 12.6 Å². The van der Waals surface area contributed by atoms with E-state index in [0.29, 0.717) is 0 Å². The SMILES string of the molecule is Cc1ccc(CCC(C)CCNC2CC2)c2ccccc12. The van der Waals surface area contributed by atoms with Crippen molar-refractivity contribution < 1.29 is 0 Å². The van der Waals surface area contributed by atoms with Gasteiger partial charge in [-0.25, -0.2) is 0 Å². The molecule has 0 spiro atoms. The Bertz CT molecular complexity index is 598. The van der Waals surface area contributed by atoms with E-state index in [1.807, 2.05) is 0 Å². The number of rotatable bonds is 7. The first-order chi connectivity index (χ1) is 10.2. The fourth-order valence-electron chi connectivity index (χ4n) is 3.10. The van der Waals surface area contributed by atoms with Crippen molar-refractivity contribution in [1.29, 1.82) is 0 Å². The predicted molar refractivity (Wildman–Crippen MR) is 91.8 cm³/mol. The van der Waals surface area contributed by atoms with Crippen LogP contribution in [0.2, 0.25) is 0 Å². The van der Waals surface area contributed by atoms with E-state index in [9.17, 15) is 0 Å². The highest BCUT2D eigenvalue weighted by molar-refractivity contribution is 5.88. The van der Waals surface area contributed by atoms with E-state index in [0.717, 1.165) is 12.0 Å². The highest BCUT2D eigenvalue weighted by atomic mass is 14.9. The van der Waals surface area contributed by atoms with E-state index >= 15 is 0 Å². The van der Waals surface area contributed by atoms with Crippen molar-refractivity contribution in [3.05, 3.63) is 47.5 Å². The molecule has 1 N–H and O–H groups in total. The molecule has 0 saturated heterocycles. The Labute approximate surface area is 128 Å². The maximum atomic E-state index is 3.62. The first-order valence-corrected chi connectivity index (χ1v) is 8.44. The fraction of sp³-hybridized carbons (Fsp3) is 0.500. The molecule has 1 heteroatoms. The average molecular weight is 281 g/mol. The molecule has 0 radical (unpaired) electrons. The first kappa shape index (κ1) is 14.6. The number of hydrogen-bond donors (Lipinski definition) is 1. The van der Waals surface area contributed by atoms with Crippen LogP contribution in [0, 0.1) is 12.8 Å². The summed E-state index contributed by atoms with van der Waals surface area (Å²) in [6.07, 6.45) is 6.58. The number of aryl methyl sites for hydroxylation is 2. The molecule has 2 aromatic carbocycles. The van der Waals surface area contributed by atoms with E-state index in [1.54, 1.807) is 0 Å². The third kappa shape index (κ3) is 3.85. The van der Waals surface area contributed by atoms with Crippen LogP contribution in [0.4, 0.5) is 0 Å². The van der Waals surface area contributed by atoms with E-state index in [-0.39, 0.29) is 0 Å². The molecule has 0 aliphatic heterocycles. The molecular weight excluding hydrogens is 254 g/mol. The summed E-state index contributed by atoms with van der Waals surface area (Å²) in [5.41, 5.74) is 2.90. The van der Waals surface area contributed by atoms with E-state index in [4.69, 9.17) is 0 Å². The Kier molecular flexibility index (Phi) is 4.60. The molecule has 1 saturated carbocycles. The Hall–Kier alpha value is -1.34. The van der Waals surface area contributed by atoms with Crippen LogP contribution in [0.3, 0.4) is 0 Å². The maximum absolute atomic E-state index is 3.62. The lowest BCUT2D eigenvalue weighted by atomic mass is 9.93. The summed E-state index contributed by atoms with van der Waals surface area (Å²) in [6, 6.07) is 14.3. The van der Waals surface area contributed by atoms with Gasteiger partial charge in [-0.05, 0) is 73.4 Å². The van der Waals surface area contributed by atoms with Gasteiger partial charge in [-0.3, -0.25) is 0 Å². The molecule has 0 amide bonds. The van der Waals surface area contributed by atoms with Crippen LogP contribution < -0.4 is 5.32 Å². The van der Waals surface area contributed by atoms with Crippen LogP contribution in [0.1, 0.15) is 43.7 Å². The Morgan fingerprint density at radius 2 is 1.81 bits per heavy atom. The van der Waals surface area contributed by atoms with Gasteiger partial charge in [0.2, 0.25) is 0 Å². The topological polar surface area (TPSA) is 12.0 Å². The molecule has 1 atom stereocenters. The minimum Gasteiger partial charge on any atom is -0.314 e. The van der Waals surface area contributed by atoms with Gasteiger partial charge in [0.15, 0.2) is 0 Å². The third-order valence-corrected chi connectivity index (χ3v) is 4.79. The summed E-state index contributed by atoms with van der Waals surface area (Å²) in [5, 5.41) is 6.48. The van der Waals surface area contributed by atoms with Crippen LogP contribution in [-0.2, 0) is 6.42 Å². The van der Waals surface area contributed by atoms with Crippen molar-refractivity contribution >= 4 is 10.8 Å². The van der Waals surface area contributed by atoms with Gasteiger partial charge >= 0.3 is 0 Å². The molecule has 0 bridgehead atoms. The molecule has 1 unspecified atom stereocenters. The number of nitrogens with one attached hydrogen (secondary N) is 1. The van der Waals surface area contributed by atoms with Gasteiger partial charge < -0.3 is 5.32 Å². The standard InChI is InChI=1S/C20H27N/c1-15(13-14-21-18-11-12-18)7-9-17-10-8-16(2)19-5-3-4-6-20(17)19/h3-6,8,10,15,18,21H,7,9,11-14H2,1-2H3. The second kappa shape index (κ2) is 6.62. The van der Waals surface area contributed by atoms with E-state index in [1.165, 1.54) is 60.5 Å². The van der Waals surface area contributed by atoms with Crippen LogP contribution in [0.15, 0.2) is 36.4 Å². The second-order valence-corrected chi connectivity index (χ2v) is 6.75. The van der Waals surface area contributed by atoms with Gasteiger partial charge in [0.25, 0.3) is 0 Å². The molecule has 21 heavy (non-hydrogen) atoms. The van der Waals surface area contributed by atoms with Crippen LogP contribution in [0.25, 0.3) is 10.8 Å². The lowest BCUT2D eigenvalue weighted by molar-refractivity contribution is 0.470. The molecule has 3 rings (SSSR count). The molecule has 112 valence electrons. The monoisotopic (exact) mass is 281 g/mol. The van der Waals surface area contributed by atoms with Crippen molar-refractivity contribution in [2.75, 3.05) is 6.54 Å². The maximum Gasteiger partial charge on any atom is 0.00682 e. The molecule has 2 aromatic rings. The zero-order valence-corrected chi connectivity index (χ0v) is 13.4. The molecule has 0 aromatic heterocycles. The van der Waals surface area contributed by atoms with E-state index < -0.39 is 0 Å². The average Bonchev–Trinajstić information content (AvgIpc) is 3.31. The normalized spacial score (nSPS) is 16.3. The summed E-state index contributed by atoms with van der Waals surface area (Å²) in [4.78, 5) is 0. The van der Waals surface area contributed by atoms with Gasteiger partial charge in [0, 0.05) is 6.04 Å². The lowest BCUT2D eigenvalue weighted by Crippen LogP contribution is -2.19. The largest absolute Gasteiger partial charge is 0.314 e. The molecule has 1 fully saturated rings. The van der Waals surface area contributed by atoms with Crippen molar-refractivity contribution in [1.82, 2.24) is 5.32 Å². The van der Waals surface area contributed by atoms with Gasteiger partial charge in [-0.2, -0.15) is 0 Å². The van der Waals surface area contributed by atoms with Crippen molar-refractivity contribution in [2.45, 2.75) is 52.0 Å². The molecular formula is C20H27N. The zero-order valence-electron chi connectivity index (χ0n) is 13.4. The van der Waals surface area contributed by atoms with E-state index in [2.05, 4.69) is 55.6 Å². The molecule has 1 nitrogen and oxygen atoms in total. The summed E-state index contributed by atoms with van der Waals surface area (Å²) in [6.45, 7) is 5.80. The second-order valence-electron chi connectivity index (χ2n) is 6.75. The fourth-order valence-corrected chi connectivity index (χ4v) is 3.10. The molecule has 0 heterocycles. The number of benzene rings is 2. The minimum absolute atomic E-state index is 0.802. The van der Waals surface area contributed by atoms with Crippen molar-refractivity contribution in [2.24, 2.45) is 5.92 Å². The minimum atomic E-state index is 0.802. The third-order valence-electron chi connectivity index (χ3n) is 4.79. The highest BCUT2D eigenvalue weighted by Gasteiger charge is 2.19. The summed E-state index contributed by atoms with van der Waals surface area (Å²) < 4.78 is 0. The van der Waals surface area contributed by atoms with Crippen molar-refractivity contribution in [3.63, 3.8) is 0 Å². The van der Waals surface area contributed by atoms with Gasteiger partial charge in [-0.1, -0.05) is 43.3 Å². The Morgan fingerprint density at radius 1 is 1.05 bits per heavy atom. The molecule has 1 aliphatic rings. The summed E-state index contributed by atoms with van der Waals surface area (Å²) >= 11 is 0. The van der Waals surface area contributed by atoms with Crippen LogP contribution in [0.5, 0.6) is 0 Å². The quantitative estimate of drug-likeness (QED) is 0.764. The molecule has 1 aliphatic carbocycles. The highest BCUT2D eigenvalue weighted by Crippen LogP contribution is 2.25. The number of fused-ring (bicyclic) bond motifs is 1. The van der Waals surface area contributed by atoms with Gasteiger partial charge in [0.1, 0.15) is 0 Å². The summed E-state index contributed by atoms with van der Waals surface area (Å²) in [5.74, 6) is 0.802. The summed E-state index contributed by atoms with van der Waals surface area (Å²) in [7, 11) is 0.